The summed E-state index contributed by atoms with van der Waals surface area (Å²) in [5, 5.41) is 6.80. The van der Waals surface area contributed by atoms with Gasteiger partial charge in [-0.1, -0.05) is 13.3 Å². The number of amides is 1. The lowest BCUT2D eigenvalue weighted by Crippen LogP contribution is -2.59. The highest BCUT2D eigenvalue weighted by Gasteiger charge is 2.49. The first-order chi connectivity index (χ1) is 10.4. The Morgan fingerprint density at radius 3 is 2.52 bits per heavy atom. The number of piperidine rings is 1. The molecule has 1 saturated heterocycles. The normalized spacial score (nSPS) is 27.7. The van der Waals surface area contributed by atoms with Crippen LogP contribution in [0.25, 0.3) is 0 Å². The Morgan fingerprint density at radius 2 is 1.96 bits per heavy atom. The first kappa shape index (κ1) is 21.1. The van der Waals surface area contributed by atoms with Crippen molar-refractivity contribution in [2.75, 3.05) is 25.1 Å². The summed E-state index contributed by atoms with van der Waals surface area (Å²) < 4.78 is 23.3. The molecule has 2 fully saturated rings. The van der Waals surface area contributed by atoms with Crippen molar-refractivity contribution in [3.05, 3.63) is 0 Å². The van der Waals surface area contributed by atoms with E-state index in [1.165, 1.54) is 12.7 Å². The molecule has 1 aliphatic carbocycles. The second-order valence-electron chi connectivity index (χ2n) is 6.43. The van der Waals surface area contributed by atoms with E-state index in [2.05, 4.69) is 17.6 Å². The summed E-state index contributed by atoms with van der Waals surface area (Å²) in [6, 6.07) is 0.124. The summed E-state index contributed by atoms with van der Waals surface area (Å²) >= 11 is 1.94. The highest BCUT2D eigenvalue weighted by molar-refractivity contribution is 7.99. The second-order valence-corrected chi connectivity index (χ2v) is 10.3. The van der Waals surface area contributed by atoms with Crippen molar-refractivity contribution in [2.45, 2.75) is 61.5 Å². The quantitative estimate of drug-likeness (QED) is 0.755. The second kappa shape index (κ2) is 8.92. The Balaban J connectivity index is 0.00000264. The number of halogens is 1. The zero-order chi connectivity index (χ0) is 16.2. The molecular formula is C15H29ClN2O3S2. The van der Waals surface area contributed by atoms with E-state index in [0.29, 0.717) is 31.2 Å². The third kappa shape index (κ3) is 5.00. The minimum Gasteiger partial charge on any atom is -0.352 e. The van der Waals surface area contributed by atoms with Crippen LogP contribution >= 0.6 is 24.2 Å². The zero-order valence-electron chi connectivity index (χ0n) is 14.0. The van der Waals surface area contributed by atoms with Crippen LogP contribution in [0.3, 0.4) is 0 Å². The van der Waals surface area contributed by atoms with Gasteiger partial charge in [-0.25, -0.2) is 8.42 Å². The third-order valence-corrected chi connectivity index (χ3v) is 8.14. The van der Waals surface area contributed by atoms with Gasteiger partial charge in [0.1, 0.15) is 0 Å². The molecule has 23 heavy (non-hydrogen) atoms. The molecule has 1 aliphatic heterocycles. The summed E-state index contributed by atoms with van der Waals surface area (Å²) in [6.07, 6.45) is 6.18. The lowest BCUT2D eigenvalue weighted by atomic mass is 9.92. The number of thioether (sulfide) groups is 1. The lowest BCUT2D eigenvalue weighted by molar-refractivity contribution is -0.125. The van der Waals surface area contributed by atoms with Crippen LogP contribution in [0.1, 0.15) is 45.4 Å². The smallest absolute Gasteiger partial charge is 0.241 e. The fourth-order valence-electron chi connectivity index (χ4n) is 3.58. The van der Waals surface area contributed by atoms with Crippen molar-refractivity contribution in [1.82, 2.24) is 10.6 Å². The van der Waals surface area contributed by atoms with Crippen molar-refractivity contribution in [1.29, 1.82) is 0 Å². The van der Waals surface area contributed by atoms with Gasteiger partial charge in [0.05, 0.1) is 0 Å². The molecule has 1 heterocycles. The molecule has 2 aliphatic rings. The fraction of sp³-hybridized carbons (Fsp3) is 0.933. The van der Waals surface area contributed by atoms with Gasteiger partial charge < -0.3 is 10.6 Å². The van der Waals surface area contributed by atoms with E-state index in [1.54, 1.807) is 0 Å². The van der Waals surface area contributed by atoms with E-state index in [9.17, 15) is 13.2 Å². The molecule has 8 heteroatoms. The van der Waals surface area contributed by atoms with E-state index < -0.39 is 14.6 Å². The first-order valence-electron chi connectivity index (χ1n) is 8.22. The minimum atomic E-state index is -3.42. The average molecular weight is 385 g/mol. The Kier molecular flexibility index (Phi) is 8.17. The van der Waals surface area contributed by atoms with Crippen molar-refractivity contribution >= 4 is 39.9 Å². The minimum absolute atomic E-state index is 0. The number of carbonyl (C=O) groups excluding carboxylic acids is 1. The van der Waals surface area contributed by atoms with E-state index in [-0.39, 0.29) is 24.4 Å². The summed E-state index contributed by atoms with van der Waals surface area (Å²) in [5.74, 6) is 0.813. The van der Waals surface area contributed by atoms with Crippen LogP contribution in [0, 0.1) is 0 Å². The van der Waals surface area contributed by atoms with Gasteiger partial charge >= 0.3 is 0 Å². The van der Waals surface area contributed by atoms with Crippen LogP contribution in [0.2, 0.25) is 0 Å². The van der Waals surface area contributed by atoms with Crippen LogP contribution < -0.4 is 10.6 Å². The largest absolute Gasteiger partial charge is 0.352 e. The van der Waals surface area contributed by atoms with Crippen molar-refractivity contribution in [3.63, 3.8) is 0 Å². The molecule has 5 nitrogen and oxygen atoms in total. The molecule has 2 N–H and O–H groups in total. The van der Waals surface area contributed by atoms with Crippen molar-refractivity contribution in [2.24, 2.45) is 0 Å². The molecule has 1 saturated carbocycles. The molecular weight excluding hydrogens is 356 g/mol. The monoisotopic (exact) mass is 384 g/mol. The van der Waals surface area contributed by atoms with Crippen molar-refractivity contribution < 1.29 is 13.2 Å². The van der Waals surface area contributed by atoms with Crippen LogP contribution in [0.4, 0.5) is 0 Å². The molecule has 0 aromatic carbocycles. The van der Waals surface area contributed by atoms with Gasteiger partial charge in [0, 0.05) is 17.5 Å². The van der Waals surface area contributed by atoms with Crippen LogP contribution in [-0.2, 0) is 14.6 Å². The predicted octanol–water partition coefficient (Wildman–Crippen LogP) is 1.76. The van der Waals surface area contributed by atoms with E-state index in [1.807, 2.05) is 11.8 Å². The fourth-order valence-corrected chi connectivity index (χ4v) is 6.09. The third-order valence-electron chi connectivity index (χ3n) is 4.90. The van der Waals surface area contributed by atoms with Crippen LogP contribution in [-0.4, -0.2) is 55.5 Å². The molecule has 0 spiro atoms. The predicted molar refractivity (Wildman–Crippen MR) is 99.2 cm³/mol. The molecule has 0 aromatic rings. The number of hydrogen-bond acceptors (Lipinski definition) is 5. The highest BCUT2D eigenvalue weighted by Crippen LogP contribution is 2.31. The molecule has 136 valence electrons. The van der Waals surface area contributed by atoms with Gasteiger partial charge in [-0.2, -0.15) is 11.8 Å². The average Bonchev–Trinajstić information content (AvgIpc) is 2.47. The van der Waals surface area contributed by atoms with Crippen molar-refractivity contribution in [3.8, 4) is 0 Å². The van der Waals surface area contributed by atoms with Gasteiger partial charge in [-0.15, -0.1) is 12.4 Å². The highest BCUT2D eigenvalue weighted by atomic mass is 35.5. The van der Waals surface area contributed by atoms with Gasteiger partial charge in [-0.3, -0.25) is 4.79 Å². The molecule has 0 radical (unpaired) electrons. The summed E-state index contributed by atoms with van der Waals surface area (Å²) in [7, 11) is -3.42. The number of nitrogens with one attached hydrogen (secondary N) is 2. The summed E-state index contributed by atoms with van der Waals surface area (Å²) in [4.78, 5) is 12.8. The first-order valence-corrected chi connectivity index (χ1v) is 11.2. The number of rotatable bonds is 5. The Morgan fingerprint density at radius 1 is 1.30 bits per heavy atom. The van der Waals surface area contributed by atoms with Gasteiger partial charge in [-0.05, 0) is 50.9 Å². The molecule has 0 bridgehead atoms. The van der Waals surface area contributed by atoms with E-state index >= 15 is 0 Å². The molecule has 0 aromatic heterocycles. The maximum atomic E-state index is 12.8. The summed E-state index contributed by atoms with van der Waals surface area (Å²) in [6.45, 7) is 3.32. The van der Waals surface area contributed by atoms with Gasteiger partial charge in [0.25, 0.3) is 0 Å². The lowest BCUT2D eigenvalue weighted by Gasteiger charge is -2.37. The standard InChI is InChI=1S/C15H28N2O3S2.ClH/c1-3-21-13-6-4-5-12(11-13)17-14(18)15(22(2,19)20)7-9-16-10-8-15;/h12-13,16H,3-11H2,1-2H3,(H,17,18);1H. The van der Waals surface area contributed by atoms with E-state index in [4.69, 9.17) is 0 Å². The number of hydrogen-bond donors (Lipinski definition) is 2. The maximum absolute atomic E-state index is 12.8. The van der Waals surface area contributed by atoms with Crippen LogP contribution in [0.5, 0.6) is 0 Å². The Hall–Kier alpha value is 0.0200. The van der Waals surface area contributed by atoms with E-state index in [0.717, 1.165) is 25.0 Å². The Bertz CT molecular complexity index is 491. The number of carbonyl (C=O) groups is 1. The molecule has 2 unspecified atom stereocenters. The van der Waals surface area contributed by atoms with Crippen LogP contribution in [0.15, 0.2) is 0 Å². The SMILES string of the molecule is CCSC1CCCC(NC(=O)C2(S(C)(=O)=O)CCNCC2)C1.Cl. The summed E-state index contributed by atoms with van der Waals surface area (Å²) in [5.41, 5.74) is 0. The molecule has 2 atom stereocenters. The van der Waals surface area contributed by atoms with Gasteiger partial charge in [0.2, 0.25) is 5.91 Å². The topological polar surface area (TPSA) is 75.3 Å². The number of sulfone groups is 1. The maximum Gasteiger partial charge on any atom is 0.241 e. The van der Waals surface area contributed by atoms with Gasteiger partial charge in [0.15, 0.2) is 14.6 Å². The zero-order valence-corrected chi connectivity index (χ0v) is 16.4. The molecule has 2 rings (SSSR count). The molecule has 1 amide bonds. The Labute approximate surface area is 150 Å².